The van der Waals surface area contributed by atoms with Gasteiger partial charge < -0.3 is 15.4 Å². The first kappa shape index (κ1) is 17.6. The molecule has 0 aromatic heterocycles. The molecule has 0 radical (unpaired) electrons. The fourth-order valence-corrected chi connectivity index (χ4v) is 2.44. The summed E-state index contributed by atoms with van der Waals surface area (Å²) in [6, 6.07) is 11.8. The van der Waals surface area contributed by atoms with Crippen molar-refractivity contribution < 1.29 is 14.3 Å². The van der Waals surface area contributed by atoms with E-state index in [0.717, 1.165) is 12.8 Å². The van der Waals surface area contributed by atoms with Crippen LogP contribution in [0.4, 0.5) is 5.69 Å². The monoisotopic (exact) mass is 378 g/mol. The Kier molecular flexibility index (Phi) is 5.46. The van der Waals surface area contributed by atoms with Crippen LogP contribution in [-0.4, -0.2) is 24.5 Å². The van der Waals surface area contributed by atoms with Crippen LogP contribution in [0.1, 0.15) is 23.2 Å². The van der Waals surface area contributed by atoms with E-state index in [1.807, 2.05) is 0 Å². The molecule has 0 heterocycles. The molecule has 7 heteroatoms. The Balaban J connectivity index is 1.55. The van der Waals surface area contributed by atoms with Crippen molar-refractivity contribution >= 4 is 40.7 Å². The highest BCUT2D eigenvalue weighted by Crippen LogP contribution is 2.26. The van der Waals surface area contributed by atoms with Gasteiger partial charge in [0.25, 0.3) is 11.8 Å². The standard InChI is InChI=1S/C18H16Cl2N2O3/c19-15-7-6-14(9-16(15)20)25-10-17(23)21-13-3-1-2-11(8-13)18(24)22-12-4-5-12/h1-3,6-9,12H,4-5,10H2,(H,21,23)(H,22,24). The van der Waals surface area contributed by atoms with Crippen molar-refractivity contribution in [1.82, 2.24) is 5.32 Å². The van der Waals surface area contributed by atoms with Gasteiger partial charge in [-0.2, -0.15) is 0 Å². The van der Waals surface area contributed by atoms with Gasteiger partial charge in [-0.05, 0) is 43.2 Å². The lowest BCUT2D eigenvalue weighted by atomic mass is 10.2. The third-order valence-electron chi connectivity index (χ3n) is 3.58. The molecule has 1 fully saturated rings. The number of hydrogen-bond acceptors (Lipinski definition) is 3. The predicted molar refractivity (Wildman–Crippen MR) is 97.5 cm³/mol. The SMILES string of the molecule is O=C(COc1ccc(Cl)c(Cl)c1)Nc1cccc(C(=O)NC2CC2)c1. The molecule has 25 heavy (non-hydrogen) atoms. The van der Waals surface area contributed by atoms with Crippen molar-refractivity contribution in [3.05, 3.63) is 58.1 Å². The first-order valence-electron chi connectivity index (χ1n) is 7.80. The van der Waals surface area contributed by atoms with Crippen LogP contribution >= 0.6 is 23.2 Å². The third-order valence-corrected chi connectivity index (χ3v) is 4.32. The predicted octanol–water partition coefficient (Wildman–Crippen LogP) is 3.90. The van der Waals surface area contributed by atoms with Gasteiger partial charge in [0.15, 0.2) is 6.61 Å². The molecule has 5 nitrogen and oxygen atoms in total. The van der Waals surface area contributed by atoms with Gasteiger partial charge in [-0.3, -0.25) is 9.59 Å². The fraction of sp³-hybridized carbons (Fsp3) is 0.222. The van der Waals surface area contributed by atoms with Gasteiger partial charge in [0.2, 0.25) is 0 Å². The highest BCUT2D eigenvalue weighted by molar-refractivity contribution is 6.42. The molecule has 0 saturated heterocycles. The number of ether oxygens (including phenoxy) is 1. The fourth-order valence-electron chi connectivity index (χ4n) is 2.15. The van der Waals surface area contributed by atoms with Crippen LogP contribution in [-0.2, 0) is 4.79 Å². The maximum atomic E-state index is 12.0. The summed E-state index contributed by atoms with van der Waals surface area (Å²) in [6.07, 6.45) is 2.04. The van der Waals surface area contributed by atoms with Crippen molar-refractivity contribution in [1.29, 1.82) is 0 Å². The number of carbonyl (C=O) groups is 2. The molecule has 2 N–H and O–H groups in total. The van der Waals surface area contributed by atoms with Crippen LogP contribution in [0.25, 0.3) is 0 Å². The molecule has 2 aromatic rings. The molecule has 2 aromatic carbocycles. The summed E-state index contributed by atoms with van der Waals surface area (Å²) in [5.74, 6) is -0.0291. The van der Waals surface area contributed by atoms with E-state index in [1.54, 1.807) is 42.5 Å². The summed E-state index contributed by atoms with van der Waals surface area (Å²) < 4.78 is 5.38. The van der Waals surface area contributed by atoms with E-state index in [9.17, 15) is 9.59 Å². The zero-order valence-electron chi connectivity index (χ0n) is 13.2. The van der Waals surface area contributed by atoms with Crippen LogP contribution in [0.2, 0.25) is 10.0 Å². The summed E-state index contributed by atoms with van der Waals surface area (Å²) in [4.78, 5) is 24.0. The lowest BCUT2D eigenvalue weighted by molar-refractivity contribution is -0.118. The first-order valence-corrected chi connectivity index (χ1v) is 8.55. The number of nitrogens with one attached hydrogen (secondary N) is 2. The lowest BCUT2D eigenvalue weighted by Crippen LogP contribution is -2.25. The topological polar surface area (TPSA) is 67.4 Å². The second-order valence-corrected chi connectivity index (χ2v) is 6.56. The molecule has 130 valence electrons. The summed E-state index contributed by atoms with van der Waals surface area (Å²) in [7, 11) is 0. The molecule has 0 aliphatic heterocycles. The van der Waals surface area contributed by atoms with E-state index in [1.165, 1.54) is 0 Å². The Hall–Kier alpha value is -2.24. The van der Waals surface area contributed by atoms with Crippen molar-refractivity contribution in [2.24, 2.45) is 0 Å². The molecule has 1 aliphatic carbocycles. The van der Waals surface area contributed by atoms with Gasteiger partial charge in [0, 0.05) is 23.4 Å². The minimum absolute atomic E-state index is 0.134. The van der Waals surface area contributed by atoms with Gasteiger partial charge in [-0.15, -0.1) is 0 Å². The number of carbonyl (C=O) groups excluding carboxylic acids is 2. The highest BCUT2D eigenvalue weighted by Gasteiger charge is 2.23. The third kappa shape index (κ3) is 5.11. The first-order chi connectivity index (χ1) is 12.0. The second-order valence-electron chi connectivity index (χ2n) is 5.74. The van der Waals surface area contributed by atoms with Gasteiger partial charge in [0.05, 0.1) is 10.0 Å². The molecule has 0 bridgehead atoms. The van der Waals surface area contributed by atoms with Crippen molar-refractivity contribution in [3.63, 3.8) is 0 Å². The number of amides is 2. The Labute approximate surface area is 155 Å². The average Bonchev–Trinajstić information content (AvgIpc) is 3.40. The van der Waals surface area contributed by atoms with Crippen molar-refractivity contribution in [2.45, 2.75) is 18.9 Å². The Morgan fingerprint density at radius 2 is 1.88 bits per heavy atom. The Bertz CT molecular complexity index is 807. The number of benzene rings is 2. The Morgan fingerprint density at radius 1 is 1.08 bits per heavy atom. The van der Waals surface area contributed by atoms with E-state index in [-0.39, 0.29) is 24.5 Å². The van der Waals surface area contributed by atoms with Gasteiger partial charge in [0.1, 0.15) is 5.75 Å². The number of rotatable bonds is 6. The molecule has 2 amide bonds. The number of halogens is 2. The molecular weight excluding hydrogens is 363 g/mol. The summed E-state index contributed by atoms with van der Waals surface area (Å²) in [5, 5.41) is 6.38. The van der Waals surface area contributed by atoms with Crippen molar-refractivity contribution in [3.8, 4) is 5.75 Å². The van der Waals surface area contributed by atoms with Gasteiger partial charge in [-0.25, -0.2) is 0 Å². The molecule has 0 atom stereocenters. The summed E-state index contributed by atoms with van der Waals surface area (Å²) >= 11 is 11.7. The normalized spacial score (nSPS) is 13.2. The minimum atomic E-state index is -0.342. The second kappa shape index (κ2) is 7.76. The van der Waals surface area contributed by atoms with E-state index in [2.05, 4.69) is 10.6 Å². The summed E-state index contributed by atoms with van der Waals surface area (Å²) in [5.41, 5.74) is 1.04. The number of hydrogen-bond donors (Lipinski definition) is 2. The zero-order valence-corrected chi connectivity index (χ0v) is 14.7. The van der Waals surface area contributed by atoms with E-state index < -0.39 is 0 Å². The lowest BCUT2D eigenvalue weighted by Gasteiger charge is -2.09. The molecular formula is C18H16Cl2N2O3. The maximum absolute atomic E-state index is 12.0. The van der Waals surface area contributed by atoms with E-state index >= 15 is 0 Å². The van der Waals surface area contributed by atoms with Crippen LogP contribution < -0.4 is 15.4 Å². The Morgan fingerprint density at radius 3 is 2.60 bits per heavy atom. The minimum Gasteiger partial charge on any atom is -0.484 e. The van der Waals surface area contributed by atoms with Gasteiger partial charge in [-0.1, -0.05) is 29.3 Å². The summed E-state index contributed by atoms with van der Waals surface area (Å²) in [6.45, 7) is -0.184. The molecule has 1 aliphatic rings. The molecule has 0 spiro atoms. The zero-order chi connectivity index (χ0) is 17.8. The van der Waals surface area contributed by atoms with Crippen LogP contribution in [0, 0.1) is 0 Å². The largest absolute Gasteiger partial charge is 0.484 e. The quantitative estimate of drug-likeness (QED) is 0.800. The van der Waals surface area contributed by atoms with Gasteiger partial charge >= 0.3 is 0 Å². The number of anilines is 1. The highest BCUT2D eigenvalue weighted by atomic mass is 35.5. The molecule has 3 rings (SSSR count). The van der Waals surface area contributed by atoms with E-state index in [0.29, 0.717) is 27.0 Å². The van der Waals surface area contributed by atoms with Crippen LogP contribution in [0.5, 0.6) is 5.75 Å². The van der Waals surface area contributed by atoms with Crippen LogP contribution in [0.15, 0.2) is 42.5 Å². The molecule has 1 saturated carbocycles. The van der Waals surface area contributed by atoms with Crippen molar-refractivity contribution in [2.75, 3.05) is 11.9 Å². The van der Waals surface area contributed by atoms with E-state index in [4.69, 9.17) is 27.9 Å². The smallest absolute Gasteiger partial charge is 0.262 e. The maximum Gasteiger partial charge on any atom is 0.262 e. The van der Waals surface area contributed by atoms with Crippen LogP contribution in [0.3, 0.4) is 0 Å². The average molecular weight is 379 g/mol. The molecule has 0 unspecified atom stereocenters.